The average Bonchev–Trinajstić information content (AvgIpc) is 3.16. The number of fused-ring (bicyclic) bond motifs is 2. The van der Waals surface area contributed by atoms with Crippen molar-refractivity contribution in [3.05, 3.63) is 102 Å². The van der Waals surface area contributed by atoms with Crippen LogP contribution in [-0.4, -0.2) is 33.9 Å². The molecule has 4 aromatic rings. The van der Waals surface area contributed by atoms with Gasteiger partial charge in [-0.3, -0.25) is 19.8 Å². The van der Waals surface area contributed by atoms with Gasteiger partial charge in [-0.05, 0) is 34.5 Å². The van der Waals surface area contributed by atoms with E-state index in [1.54, 1.807) is 6.08 Å². The largest absolute Gasteiger partial charge is 0.342 e. The van der Waals surface area contributed by atoms with Gasteiger partial charge >= 0.3 is 6.03 Å². The van der Waals surface area contributed by atoms with Crippen LogP contribution in [0.3, 0.4) is 0 Å². The molecule has 2 heterocycles. The Hall–Kier alpha value is -4.45. The first-order chi connectivity index (χ1) is 16.0. The number of benzene rings is 3. The summed E-state index contributed by atoms with van der Waals surface area (Å²) in [7, 11) is 0. The Bertz CT molecular complexity index is 1480. The summed E-state index contributed by atoms with van der Waals surface area (Å²) in [6, 6.07) is 21.7. The Morgan fingerprint density at radius 1 is 0.909 bits per heavy atom. The van der Waals surface area contributed by atoms with E-state index >= 15 is 0 Å². The van der Waals surface area contributed by atoms with Crippen molar-refractivity contribution in [3.63, 3.8) is 0 Å². The molecule has 0 atom stereocenters. The Kier molecular flexibility index (Phi) is 5.11. The van der Waals surface area contributed by atoms with Crippen LogP contribution in [0.25, 0.3) is 27.8 Å². The van der Waals surface area contributed by atoms with Gasteiger partial charge in [0, 0.05) is 35.8 Å². The molecule has 0 saturated carbocycles. The number of hydrogen-bond donors (Lipinski definition) is 1. The van der Waals surface area contributed by atoms with Gasteiger partial charge in [0.25, 0.3) is 11.8 Å². The zero-order valence-corrected chi connectivity index (χ0v) is 17.8. The van der Waals surface area contributed by atoms with Crippen molar-refractivity contribution in [3.8, 4) is 0 Å². The molecule has 6 heteroatoms. The molecule has 33 heavy (non-hydrogen) atoms. The van der Waals surface area contributed by atoms with E-state index in [1.807, 2.05) is 42.6 Å². The number of para-hydroxylation sites is 1. The number of carbonyl (C=O) groups is 3. The summed E-state index contributed by atoms with van der Waals surface area (Å²) in [5.74, 6) is -1.33. The topological polar surface area (TPSA) is 71.4 Å². The molecule has 4 amide bonds. The second-order valence-electron chi connectivity index (χ2n) is 7.93. The lowest BCUT2D eigenvalue weighted by molar-refractivity contribution is -0.129. The first-order valence-corrected chi connectivity index (χ1v) is 10.6. The van der Waals surface area contributed by atoms with Crippen molar-refractivity contribution in [2.24, 2.45) is 0 Å². The van der Waals surface area contributed by atoms with E-state index in [0.29, 0.717) is 6.54 Å². The van der Waals surface area contributed by atoms with Crippen LogP contribution < -0.4 is 5.32 Å². The molecule has 0 bridgehead atoms. The number of imide groups is 2. The molecule has 1 saturated heterocycles. The number of amides is 4. The van der Waals surface area contributed by atoms with Crippen molar-refractivity contribution in [2.45, 2.75) is 6.54 Å². The number of carbonyl (C=O) groups excluding carboxylic acids is 3. The Balaban J connectivity index is 1.56. The highest BCUT2D eigenvalue weighted by molar-refractivity contribution is 6.31. The van der Waals surface area contributed by atoms with Gasteiger partial charge in [0.05, 0.1) is 0 Å². The molecule has 1 fully saturated rings. The molecular formula is C27H21N3O3. The average molecular weight is 435 g/mol. The van der Waals surface area contributed by atoms with Crippen LogP contribution in [0.4, 0.5) is 4.79 Å². The van der Waals surface area contributed by atoms with Gasteiger partial charge in [-0.1, -0.05) is 60.7 Å². The number of barbiturate groups is 1. The van der Waals surface area contributed by atoms with E-state index in [2.05, 4.69) is 46.8 Å². The second-order valence-corrected chi connectivity index (χ2v) is 7.93. The normalized spacial score (nSPS) is 15.5. The van der Waals surface area contributed by atoms with Crippen molar-refractivity contribution in [1.29, 1.82) is 0 Å². The summed E-state index contributed by atoms with van der Waals surface area (Å²) in [5, 5.41) is 5.50. The lowest BCUT2D eigenvalue weighted by Gasteiger charge is -2.25. The summed E-state index contributed by atoms with van der Waals surface area (Å²) >= 11 is 0. The van der Waals surface area contributed by atoms with E-state index < -0.39 is 17.8 Å². The maximum Gasteiger partial charge on any atom is 0.331 e. The first kappa shape index (κ1) is 20.5. The molecular weight excluding hydrogens is 414 g/mol. The molecule has 0 spiro atoms. The molecule has 0 radical (unpaired) electrons. The zero-order chi connectivity index (χ0) is 22.9. The number of aromatic nitrogens is 1. The highest BCUT2D eigenvalue weighted by Gasteiger charge is 2.35. The summed E-state index contributed by atoms with van der Waals surface area (Å²) in [6.45, 7) is 4.23. The van der Waals surface area contributed by atoms with Gasteiger partial charge < -0.3 is 4.57 Å². The van der Waals surface area contributed by atoms with Crippen LogP contribution >= 0.6 is 0 Å². The Morgan fingerprint density at radius 3 is 2.48 bits per heavy atom. The predicted molar refractivity (Wildman–Crippen MR) is 128 cm³/mol. The van der Waals surface area contributed by atoms with Crippen LogP contribution in [0.5, 0.6) is 0 Å². The van der Waals surface area contributed by atoms with Crippen molar-refractivity contribution < 1.29 is 14.4 Å². The number of nitrogens with zero attached hydrogens (tertiary/aromatic N) is 2. The van der Waals surface area contributed by atoms with Gasteiger partial charge in [0.15, 0.2) is 0 Å². The van der Waals surface area contributed by atoms with Crippen LogP contribution in [0.2, 0.25) is 0 Å². The van der Waals surface area contributed by atoms with Crippen molar-refractivity contribution in [2.75, 3.05) is 6.54 Å². The minimum Gasteiger partial charge on any atom is -0.342 e. The molecule has 162 valence electrons. The fourth-order valence-electron chi connectivity index (χ4n) is 4.20. The standard InChI is InChI=1S/C27H21N3O3/c1-2-13-30-26(32)23(25(31)28-27(30)33)15-21-17-29(24-10-6-5-9-22(21)24)16-18-11-12-19-7-3-4-8-20(19)14-18/h2-12,14-15,17H,1,13,16H2,(H,28,31,33)/b23-15+. The molecule has 0 aliphatic carbocycles. The Morgan fingerprint density at radius 2 is 1.67 bits per heavy atom. The van der Waals surface area contributed by atoms with E-state index in [1.165, 1.54) is 16.8 Å². The Labute approximate surface area is 190 Å². The second kappa shape index (κ2) is 8.24. The third-order valence-electron chi connectivity index (χ3n) is 5.78. The number of hydrogen-bond acceptors (Lipinski definition) is 3. The maximum atomic E-state index is 12.8. The molecule has 1 aliphatic rings. The van der Waals surface area contributed by atoms with Gasteiger partial charge in [0.1, 0.15) is 5.57 Å². The monoisotopic (exact) mass is 435 g/mol. The minimum absolute atomic E-state index is 0.0268. The van der Waals surface area contributed by atoms with Crippen LogP contribution in [-0.2, 0) is 16.1 Å². The number of urea groups is 1. The number of rotatable bonds is 5. The highest BCUT2D eigenvalue weighted by atomic mass is 16.2. The zero-order valence-electron chi connectivity index (χ0n) is 17.8. The van der Waals surface area contributed by atoms with Crippen LogP contribution in [0.1, 0.15) is 11.1 Å². The molecule has 1 aromatic heterocycles. The van der Waals surface area contributed by atoms with E-state index in [9.17, 15) is 14.4 Å². The molecule has 5 rings (SSSR count). The summed E-state index contributed by atoms with van der Waals surface area (Å²) in [6.07, 6.45) is 4.93. The molecule has 1 N–H and O–H groups in total. The van der Waals surface area contributed by atoms with Crippen molar-refractivity contribution in [1.82, 2.24) is 14.8 Å². The van der Waals surface area contributed by atoms with Gasteiger partial charge in [0.2, 0.25) is 0 Å². The van der Waals surface area contributed by atoms with E-state index in [4.69, 9.17) is 0 Å². The minimum atomic E-state index is -0.735. The van der Waals surface area contributed by atoms with Crippen LogP contribution in [0, 0.1) is 0 Å². The molecule has 3 aromatic carbocycles. The quantitative estimate of drug-likeness (QED) is 0.285. The maximum absolute atomic E-state index is 12.8. The third-order valence-corrected chi connectivity index (χ3v) is 5.78. The SMILES string of the molecule is C=CCN1C(=O)NC(=O)/C(=C\c2cn(Cc3ccc4ccccc4c3)c3ccccc23)C1=O. The van der Waals surface area contributed by atoms with Gasteiger partial charge in [-0.15, -0.1) is 6.58 Å². The smallest absolute Gasteiger partial charge is 0.331 e. The highest BCUT2D eigenvalue weighted by Crippen LogP contribution is 2.26. The lowest BCUT2D eigenvalue weighted by Crippen LogP contribution is -2.54. The van der Waals surface area contributed by atoms with Gasteiger partial charge in [-0.2, -0.15) is 0 Å². The molecule has 6 nitrogen and oxygen atoms in total. The van der Waals surface area contributed by atoms with Crippen molar-refractivity contribution >= 4 is 45.6 Å². The fourth-order valence-corrected chi connectivity index (χ4v) is 4.20. The summed E-state index contributed by atoms with van der Waals surface area (Å²) < 4.78 is 2.10. The van der Waals surface area contributed by atoms with E-state index in [0.717, 1.165) is 26.9 Å². The molecule has 0 unspecified atom stereocenters. The molecule has 1 aliphatic heterocycles. The lowest BCUT2D eigenvalue weighted by atomic mass is 10.1. The number of nitrogens with one attached hydrogen (secondary N) is 1. The predicted octanol–water partition coefficient (Wildman–Crippen LogP) is 4.49. The summed E-state index contributed by atoms with van der Waals surface area (Å²) in [4.78, 5) is 38.2. The van der Waals surface area contributed by atoms with E-state index in [-0.39, 0.29) is 12.1 Å². The third kappa shape index (κ3) is 3.72. The van der Waals surface area contributed by atoms with Crippen LogP contribution in [0.15, 0.2) is 91.2 Å². The van der Waals surface area contributed by atoms with Gasteiger partial charge in [-0.25, -0.2) is 4.79 Å². The fraction of sp³-hybridized carbons (Fsp3) is 0.0741. The first-order valence-electron chi connectivity index (χ1n) is 10.6. The summed E-state index contributed by atoms with van der Waals surface area (Å²) in [5.41, 5.74) is 2.78.